The zero-order valence-electron chi connectivity index (χ0n) is 17.5. The van der Waals surface area contributed by atoms with Crippen LogP contribution in [0.2, 0.25) is 5.02 Å². The Balaban J connectivity index is 1.36. The van der Waals surface area contributed by atoms with Crippen LogP contribution in [0.3, 0.4) is 0 Å². The van der Waals surface area contributed by atoms with Gasteiger partial charge in [-0.25, -0.2) is 13.8 Å². The minimum atomic E-state index is -2.35. The second kappa shape index (κ2) is 9.21. The maximum Gasteiger partial charge on any atom is 0.273 e. The number of alkyl halides is 2. The molecule has 0 aliphatic carbocycles. The van der Waals surface area contributed by atoms with Gasteiger partial charge in [0.05, 0.1) is 18.4 Å². The first kappa shape index (κ1) is 22.0. The predicted molar refractivity (Wildman–Crippen MR) is 130 cm³/mol. The van der Waals surface area contributed by atoms with Gasteiger partial charge >= 0.3 is 0 Å². The van der Waals surface area contributed by atoms with Crippen LogP contribution in [0.5, 0.6) is 0 Å². The van der Waals surface area contributed by atoms with Crippen molar-refractivity contribution in [1.29, 1.82) is 0 Å². The molecule has 0 spiro atoms. The summed E-state index contributed by atoms with van der Waals surface area (Å²) in [6.45, 7) is 1.09. The normalized spacial score (nSPS) is 16.2. The van der Waals surface area contributed by atoms with Gasteiger partial charge in [-0.3, -0.25) is 9.36 Å². The van der Waals surface area contributed by atoms with E-state index < -0.39 is 6.43 Å². The Hall–Kier alpha value is -2.81. The van der Waals surface area contributed by atoms with Crippen molar-refractivity contribution in [1.82, 2.24) is 14.9 Å². The Bertz CT molecular complexity index is 1320. The van der Waals surface area contributed by atoms with Crippen molar-refractivity contribution in [2.75, 3.05) is 24.5 Å². The highest BCUT2D eigenvalue weighted by molar-refractivity contribution is 7.22. The summed E-state index contributed by atoms with van der Waals surface area (Å²) in [6.07, 6.45) is 1.88. The first-order valence-electron chi connectivity index (χ1n) is 10.6. The minimum Gasteiger partial charge on any atom is -0.355 e. The predicted octanol–water partition coefficient (Wildman–Crippen LogP) is 5.20. The molecule has 1 atom stereocenters. The fraction of sp³-hybridized carbons (Fsp3) is 0.250. The molecule has 9 heteroatoms. The summed E-state index contributed by atoms with van der Waals surface area (Å²) in [5, 5.41) is 4.46. The van der Waals surface area contributed by atoms with Crippen molar-refractivity contribution < 1.29 is 8.78 Å². The highest BCUT2D eigenvalue weighted by Gasteiger charge is 2.24. The largest absolute Gasteiger partial charge is 0.355 e. The third-order valence-corrected chi connectivity index (χ3v) is 7.23. The Kier molecular flexibility index (Phi) is 6.14. The third kappa shape index (κ3) is 4.64. The van der Waals surface area contributed by atoms with E-state index in [4.69, 9.17) is 11.6 Å². The lowest BCUT2D eigenvalue weighted by Crippen LogP contribution is -2.35. The Morgan fingerprint density at radius 1 is 1.18 bits per heavy atom. The van der Waals surface area contributed by atoms with E-state index in [1.54, 1.807) is 17.0 Å². The summed E-state index contributed by atoms with van der Waals surface area (Å²) in [4.78, 5) is 20.8. The van der Waals surface area contributed by atoms with Crippen LogP contribution in [-0.2, 0) is 0 Å². The summed E-state index contributed by atoms with van der Waals surface area (Å²) in [5.74, 6) is 0.773. The zero-order chi connectivity index (χ0) is 22.9. The maximum absolute atomic E-state index is 13.2. The highest BCUT2D eigenvalue weighted by atomic mass is 35.5. The number of rotatable bonds is 6. The van der Waals surface area contributed by atoms with Crippen molar-refractivity contribution in [2.45, 2.75) is 18.9 Å². The van der Waals surface area contributed by atoms with Gasteiger partial charge in [0, 0.05) is 40.6 Å². The van der Waals surface area contributed by atoms with E-state index in [1.807, 2.05) is 48.5 Å². The number of hydrogen-bond acceptors (Lipinski definition) is 5. The first-order chi connectivity index (χ1) is 16.0. The molecule has 170 valence electrons. The van der Waals surface area contributed by atoms with E-state index in [1.165, 1.54) is 11.3 Å². The molecule has 3 aromatic heterocycles. The Morgan fingerprint density at radius 2 is 2.00 bits per heavy atom. The van der Waals surface area contributed by atoms with Crippen molar-refractivity contribution >= 4 is 38.8 Å². The van der Waals surface area contributed by atoms with Crippen molar-refractivity contribution in [2.24, 2.45) is 0 Å². The number of hydrogen-bond donors (Lipinski definition) is 1. The van der Waals surface area contributed by atoms with Crippen LogP contribution in [-0.4, -0.2) is 41.7 Å². The standard InChI is InChI=1S/C24H21ClF2N4OS/c25-17-3-1-15(2-4-17)20-11-16-7-10-31(24(32)23(16)33-20)19-5-6-22(29-12-19)30-9-8-18(14-30)28-13-21(26)27/h1-7,10-12,18,21,28H,8-9,13-14H2/t18-/m1/s1. The van der Waals surface area contributed by atoms with Gasteiger partial charge in [-0.2, -0.15) is 0 Å². The zero-order valence-corrected chi connectivity index (χ0v) is 19.1. The van der Waals surface area contributed by atoms with E-state index in [9.17, 15) is 13.6 Å². The molecule has 1 fully saturated rings. The second-order valence-corrected chi connectivity index (χ2v) is 9.49. The Labute approximate surface area is 198 Å². The molecule has 5 rings (SSSR count). The summed E-state index contributed by atoms with van der Waals surface area (Å²) < 4.78 is 27.1. The molecule has 0 amide bonds. The van der Waals surface area contributed by atoms with Gasteiger partial charge in [-0.05, 0) is 48.4 Å². The van der Waals surface area contributed by atoms with Gasteiger partial charge in [0.25, 0.3) is 12.0 Å². The van der Waals surface area contributed by atoms with Gasteiger partial charge < -0.3 is 10.2 Å². The average Bonchev–Trinajstić information content (AvgIpc) is 3.47. The number of fused-ring (bicyclic) bond motifs is 1. The quantitative estimate of drug-likeness (QED) is 0.407. The van der Waals surface area contributed by atoms with E-state index in [0.29, 0.717) is 22.0 Å². The number of thiophene rings is 1. The molecule has 1 saturated heterocycles. The average molecular weight is 487 g/mol. The lowest BCUT2D eigenvalue weighted by molar-refractivity contribution is 0.142. The lowest BCUT2D eigenvalue weighted by Gasteiger charge is -2.18. The molecule has 0 bridgehead atoms. The van der Waals surface area contributed by atoms with Gasteiger partial charge in [0.1, 0.15) is 10.5 Å². The molecule has 1 aromatic carbocycles. The van der Waals surface area contributed by atoms with Crippen molar-refractivity contribution in [3.8, 4) is 16.1 Å². The maximum atomic E-state index is 13.2. The number of halogens is 3. The van der Waals surface area contributed by atoms with E-state index in [2.05, 4.69) is 15.2 Å². The monoisotopic (exact) mass is 486 g/mol. The second-order valence-electron chi connectivity index (χ2n) is 8.00. The smallest absolute Gasteiger partial charge is 0.273 e. The number of anilines is 1. The van der Waals surface area contributed by atoms with Gasteiger partial charge in [0.2, 0.25) is 0 Å². The number of aromatic nitrogens is 2. The van der Waals surface area contributed by atoms with Gasteiger partial charge in [-0.1, -0.05) is 23.7 Å². The number of benzene rings is 1. The van der Waals surface area contributed by atoms with Crippen LogP contribution >= 0.6 is 22.9 Å². The fourth-order valence-corrected chi connectivity index (χ4v) is 5.30. The Morgan fingerprint density at radius 3 is 2.73 bits per heavy atom. The molecule has 0 radical (unpaired) electrons. The minimum absolute atomic E-state index is 0.0270. The van der Waals surface area contributed by atoms with E-state index in [0.717, 1.165) is 34.6 Å². The topological polar surface area (TPSA) is 50.2 Å². The summed E-state index contributed by atoms with van der Waals surface area (Å²) >= 11 is 7.44. The van der Waals surface area contributed by atoms with E-state index in [-0.39, 0.29) is 18.1 Å². The molecular formula is C24H21ClF2N4OS. The molecule has 1 aliphatic rings. The highest BCUT2D eigenvalue weighted by Crippen LogP contribution is 2.32. The lowest BCUT2D eigenvalue weighted by atomic mass is 10.2. The number of nitrogens with zero attached hydrogens (tertiary/aromatic N) is 3. The molecule has 4 aromatic rings. The van der Waals surface area contributed by atoms with Crippen LogP contribution in [0.1, 0.15) is 6.42 Å². The third-order valence-electron chi connectivity index (χ3n) is 5.79. The molecule has 4 heterocycles. The van der Waals surface area contributed by atoms with E-state index >= 15 is 0 Å². The first-order valence-corrected chi connectivity index (χ1v) is 11.8. The van der Waals surface area contributed by atoms with Crippen LogP contribution < -0.4 is 15.8 Å². The molecule has 0 saturated carbocycles. The van der Waals surface area contributed by atoms with Gasteiger partial charge in [0.15, 0.2) is 0 Å². The molecule has 0 unspecified atom stereocenters. The molecule has 33 heavy (non-hydrogen) atoms. The fourth-order valence-electron chi connectivity index (χ4n) is 4.09. The number of pyridine rings is 2. The van der Waals surface area contributed by atoms with Crippen LogP contribution in [0.25, 0.3) is 26.2 Å². The molecular weight excluding hydrogens is 466 g/mol. The number of nitrogens with one attached hydrogen (secondary N) is 1. The van der Waals surface area contributed by atoms with Gasteiger partial charge in [-0.15, -0.1) is 11.3 Å². The SMILES string of the molecule is O=c1c2sc(-c3ccc(Cl)cc3)cc2ccn1-c1ccc(N2CC[C@@H](NCC(F)F)C2)nc1. The molecule has 1 aliphatic heterocycles. The van der Waals surface area contributed by atoms with Crippen LogP contribution in [0.4, 0.5) is 14.6 Å². The summed E-state index contributed by atoms with van der Waals surface area (Å²) in [6, 6.07) is 15.3. The molecule has 1 N–H and O–H groups in total. The summed E-state index contributed by atoms with van der Waals surface area (Å²) in [7, 11) is 0. The van der Waals surface area contributed by atoms with Crippen molar-refractivity contribution in [3.05, 3.63) is 76.3 Å². The van der Waals surface area contributed by atoms with Crippen LogP contribution in [0, 0.1) is 0 Å². The van der Waals surface area contributed by atoms with Crippen molar-refractivity contribution in [3.63, 3.8) is 0 Å². The summed E-state index contributed by atoms with van der Waals surface area (Å²) in [5.41, 5.74) is 1.60. The molecule has 5 nitrogen and oxygen atoms in total. The van der Waals surface area contributed by atoms with Crippen LogP contribution in [0.15, 0.2) is 65.7 Å².